The van der Waals surface area contributed by atoms with Crippen LogP contribution in [0.15, 0.2) is 16.9 Å². The lowest BCUT2D eigenvalue weighted by Crippen LogP contribution is -2.47. The maximum Gasteiger partial charge on any atom is 0.241 e. The van der Waals surface area contributed by atoms with Gasteiger partial charge in [-0.25, -0.2) is 13.9 Å². The van der Waals surface area contributed by atoms with Crippen LogP contribution in [0.5, 0.6) is 0 Å². The van der Waals surface area contributed by atoms with Gasteiger partial charge >= 0.3 is 0 Å². The molecule has 102 valence electrons. The van der Waals surface area contributed by atoms with Crippen molar-refractivity contribution in [2.24, 2.45) is 0 Å². The quantitative estimate of drug-likeness (QED) is 0.758. The Morgan fingerprint density at radius 3 is 3.21 bits per heavy atom. The molecule has 0 amide bonds. The van der Waals surface area contributed by atoms with Gasteiger partial charge in [-0.05, 0) is 28.9 Å². The SMILES string of the molecule is OC1CNCCC1Nc1ncc2c(F)cc(Br)n2n1. The topological polar surface area (TPSA) is 74.5 Å². The number of β-amino-alcohol motifs (C(OH)–C–C–N with tert-alkyl or cyclic N) is 1. The molecule has 0 aromatic carbocycles. The summed E-state index contributed by atoms with van der Waals surface area (Å²) in [6.45, 7) is 1.38. The predicted molar refractivity (Wildman–Crippen MR) is 71.5 cm³/mol. The molecular weight excluding hydrogens is 317 g/mol. The summed E-state index contributed by atoms with van der Waals surface area (Å²) in [4.78, 5) is 4.07. The molecular formula is C11H13BrFN5O. The molecule has 3 heterocycles. The summed E-state index contributed by atoms with van der Waals surface area (Å²) in [5, 5.41) is 20.2. The largest absolute Gasteiger partial charge is 0.390 e. The standard InChI is InChI=1S/C11H13BrFN5O/c12-10-3-6(13)8-4-15-11(17-18(8)10)16-7-1-2-14-5-9(7)19/h3-4,7,9,14,19H,1-2,5H2,(H,16,17). The number of fused-ring (bicyclic) bond motifs is 1. The minimum atomic E-state index is -0.488. The third-order valence-corrected chi connectivity index (χ3v) is 3.75. The second-order valence-corrected chi connectivity index (χ2v) is 5.32. The minimum Gasteiger partial charge on any atom is -0.390 e. The highest BCUT2D eigenvalue weighted by Crippen LogP contribution is 2.19. The van der Waals surface area contributed by atoms with E-state index in [1.807, 2.05) is 0 Å². The molecule has 1 aliphatic rings. The number of anilines is 1. The van der Waals surface area contributed by atoms with Crippen molar-refractivity contribution in [1.29, 1.82) is 0 Å². The number of rotatable bonds is 2. The number of hydrogen-bond donors (Lipinski definition) is 3. The van der Waals surface area contributed by atoms with Crippen LogP contribution in [0, 0.1) is 5.82 Å². The van der Waals surface area contributed by atoms with Crippen molar-refractivity contribution in [2.75, 3.05) is 18.4 Å². The third-order valence-electron chi connectivity index (χ3n) is 3.19. The number of aromatic nitrogens is 3. The molecule has 19 heavy (non-hydrogen) atoms. The molecule has 1 fully saturated rings. The van der Waals surface area contributed by atoms with E-state index in [-0.39, 0.29) is 11.9 Å². The van der Waals surface area contributed by atoms with Crippen molar-refractivity contribution in [1.82, 2.24) is 19.9 Å². The first-order valence-electron chi connectivity index (χ1n) is 6.00. The first-order chi connectivity index (χ1) is 9.15. The van der Waals surface area contributed by atoms with Gasteiger partial charge in [0.05, 0.1) is 18.3 Å². The molecule has 8 heteroatoms. The molecule has 0 radical (unpaired) electrons. The second kappa shape index (κ2) is 5.03. The first-order valence-corrected chi connectivity index (χ1v) is 6.79. The van der Waals surface area contributed by atoms with Crippen LogP contribution in [-0.4, -0.2) is 44.9 Å². The lowest BCUT2D eigenvalue weighted by atomic mass is 10.0. The molecule has 2 aromatic heterocycles. The number of hydrogen-bond acceptors (Lipinski definition) is 5. The minimum absolute atomic E-state index is 0.0992. The van der Waals surface area contributed by atoms with E-state index in [1.54, 1.807) is 0 Å². The Balaban J connectivity index is 1.86. The average molecular weight is 330 g/mol. The maximum absolute atomic E-state index is 13.5. The van der Waals surface area contributed by atoms with Crippen molar-refractivity contribution < 1.29 is 9.50 Å². The van der Waals surface area contributed by atoms with Crippen LogP contribution in [0.3, 0.4) is 0 Å². The van der Waals surface area contributed by atoms with Gasteiger partial charge < -0.3 is 15.7 Å². The lowest BCUT2D eigenvalue weighted by molar-refractivity contribution is 0.128. The van der Waals surface area contributed by atoms with Crippen LogP contribution in [-0.2, 0) is 0 Å². The molecule has 0 saturated carbocycles. The molecule has 2 atom stereocenters. The van der Waals surface area contributed by atoms with E-state index < -0.39 is 6.10 Å². The zero-order valence-corrected chi connectivity index (χ0v) is 11.6. The third kappa shape index (κ3) is 2.43. The Bertz CT molecular complexity index is 604. The van der Waals surface area contributed by atoms with Crippen molar-refractivity contribution in [3.05, 3.63) is 22.7 Å². The first kappa shape index (κ1) is 12.8. The molecule has 3 rings (SSSR count). The average Bonchev–Trinajstić information content (AvgIpc) is 2.68. The number of nitrogens with zero attached hydrogens (tertiary/aromatic N) is 3. The van der Waals surface area contributed by atoms with Gasteiger partial charge in [-0.3, -0.25) is 0 Å². The van der Waals surface area contributed by atoms with Crippen LogP contribution in [0.25, 0.3) is 5.52 Å². The summed E-state index contributed by atoms with van der Waals surface area (Å²) in [7, 11) is 0. The van der Waals surface area contributed by atoms with E-state index in [0.29, 0.717) is 22.6 Å². The molecule has 3 N–H and O–H groups in total. The van der Waals surface area contributed by atoms with Crippen LogP contribution in [0.1, 0.15) is 6.42 Å². The van der Waals surface area contributed by atoms with E-state index in [1.165, 1.54) is 16.8 Å². The zero-order valence-electron chi connectivity index (χ0n) is 9.98. The van der Waals surface area contributed by atoms with Gasteiger partial charge in [-0.2, -0.15) is 0 Å². The number of nitrogens with one attached hydrogen (secondary N) is 2. The van der Waals surface area contributed by atoms with Crippen molar-refractivity contribution in [3.63, 3.8) is 0 Å². The fourth-order valence-electron chi connectivity index (χ4n) is 2.16. The van der Waals surface area contributed by atoms with E-state index in [9.17, 15) is 9.50 Å². The molecule has 2 unspecified atom stereocenters. The Labute approximate surface area is 117 Å². The smallest absolute Gasteiger partial charge is 0.241 e. The van der Waals surface area contributed by atoms with Crippen LogP contribution >= 0.6 is 15.9 Å². The Kier molecular flexibility index (Phi) is 3.38. The van der Waals surface area contributed by atoms with Crippen molar-refractivity contribution >= 4 is 27.4 Å². The van der Waals surface area contributed by atoms with E-state index in [4.69, 9.17) is 0 Å². The molecule has 6 nitrogen and oxygen atoms in total. The van der Waals surface area contributed by atoms with Gasteiger partial charge in [0, 0.05) is 12.6 Å². The summed E-state index contributed by atoms with van der Waals surface area (Å²) >= 11 is 3.23. The fourth-order valence-corrected chi connectivity index (χ4v) is 2.63. The summed E-state index contributed by atoms with van der Waals surface area (Å²) in [5.41, 5.74) is 0.309. The fraction of sp³-hybridized carbons (Fsp3) is 0.455. The van der Waals surface area contributed by atoms with Crippen LogP contribution in [0.2, 0.25) is 0 Å². The number of halogens is 2. The van der Waals surface area contributed by atoms with Gasteiger partial charge in [0.1, 0.15) is 10.1 Å². The summed E-state index contributed by atoms with van der Waals surface area (Å²) in [5.74, 6) is -0.00456. The van der Waals surface area contributed by atoms with E-state index >= 15 is 0 Å². The van der Waals surface area contributed by atoms with Gasteiger partial charge in [0.2, 0.25) is 5.95 Å². The lowest BCUT2D eigenvalue weighted by Gasteiger charge is -2.28. The Morgan fingerprint density at radius 1 is 1.58 bits per heavy atom. The molecule has 2 aromatic rings. The summed E-state index contributed by atoms with van der Waals surface area (Å²) < 4.78 is 15.4. The predicted octanol–water partition coefficient (Wildman–Crippen LogP) is 0.766. The molecule has 1 saturated heterocycles. The van der Waals surface area contributed by atoms with Gasteiger partial charge in [-0.1, -0.05) is 0 Å². The van der Waals surface area contributed by atoms with Gasteiger partial charge in [0.25, 0.3) is 0 Å². The second-order valence-electron chi connectivity index (χ2n) is 4.50. The molecule has 1 aliphatic heterocycles. The van der Waals surface area contributed by atoms with Gasteiger partial charge in [0.15, 0.2) is 5.82 Å². The maximum atomic E-state index is 13.5. The van der Waals surface area contributed by atoms with Crippen LogP contribution < -0.4 is 10.6 Å². The highest BCUT2D eigenvalue weighted by molar-refractivity contribution is 9.10. The molecule has 0 bridgehead atoms. The van der Waals surface area contributed by atoms with E-state index in [0.717, 1.165) is 13.0 Å². The van der Waals surface area contributed by atoms with Crippen molar-refractivity contribution in [3.8, 4) is 0 Å². The Hall–Kier alpha value is -1.25. The highest BCUT2D eigenvalue weighted by atomic mass is 79.9. The number of aliphatic hydroxyl groups is 1. The van der Waals surface area contributed by atoms with Crippen LogP contribution in [0.4, 0.5) is 10.3 Å². The number of piperidine rings is 1. The van der Waals surface area contributed by atoms with Gasteiger partial charge in [-0.15, -0.1) is 5.10 Å². The molecule has 0 aliphatic carbocycles. The summed E-state index contributed by atoms with van der Waals surface area (Å²) in [6.07, 6.45) is 1.71. The van der Waals surface area contributed by atoms with Crippen molar-refractivity contribution in [2.45, 2.75) is 18.6 Å². The number of aliphatic hydroxyl groups excluding tert-OH is 1. The van der Waals surface area contributed by atoms with E-state index in [2.05, 4.69) is 36.6 Å². The summed E-state index contributed by atoms with van der Waals surface area (Å²) in [6, 6.07) is 1.24. The zero-order chi connectivity index (χ0) is 13.4. The molecule has 0 spiro atoms. The highest BCUT2D eigenvalue weighted by Gasteiger charge is 2.23. The normalized spacial score (nSPS) is 23.7. The Morgan fingerprint density at radius 2 is 2.42 bits per heavy atom. The monoisotopic (exact) mass is 329 g/mol.